The Morgan fingerprint density at radius 1 is 0.434 bits per heavy atom. The predicted octanol–water partition coefficient (Wildman–Crippen LogP) is 14.4. The van der Waals surface area contributed by atoms with E-state index >= 15 is 0 Å². The van der Waals surface area contributed by atoms with Gasteiger partial charge >= 0.3 is 0 Å². The maximum atomic E-state index is 6.30. The Bertz CT molecular complexity index is 2980. The molecular formula is C50H33NOS. The zero-order valence-electron chi connectivity index (χ0n) is 29.1. The number of fused-ring (bicyclic) bond motifs is 9. The molecule has 2 heterocycles. The molecule has 0 aliphatic heterocycles. The van der Waals surface area contributed by atoms with Gasteiger partial charge in [0.15, 0.2) is 0 Å². The van der Waals surface area contributed by atoms with Crippen LogP contribution in [0.3, 0.4) is 0 Å². The third-order valence-electron chi connectivity index (χ3n) is 11.3. The van der Waals surface area contributed by atoms with Gasteiger partial charge in [-0.3, -0.25) is 0 Å². The molecule has 11 rings (SSSR count). The fourth-order valence-corrected chi connectivity index (χ4v) is 10.0. The average molecular weight is 696 g/mol. The summed E-state index contributed by atoms with van der Waals surface area (Å²) in [6.45, 7) is 2.44. The van der Waals surface area contributed by atoms with Crippen LogP contribution in [-0.4, -0.2) is 0 Å². The summed E-state index contributed by atoms with van der Waals surface area (Å²) in [5.41, 5.74) is 13.8. The highest BCUT2D eigenvalue weighted by Gasteiger charge is 2.42. The minimum Gasteiger partial charge on any atom is -0.456 e. The molecule has 0 bridgehead atoms. The Kier molecular flexibility index (Phi) is 6.58. The van der Waals surface area contributed by atoms with Gasteiger partial charge in [-0.2, -0.15) is 0 Å². The highest BCUT2D eigenvalue weighted by molar-refractivity contribution is 7.25. The minimum atomic E-state index is -0.376. The van der Waals surface area contributed by atoms with Gasteiger partial charge in [-0.05, 0) is 100 Å². The van der Waals surface area contributed by atoms with Crippen molar-refractivity contribution in [1.82, 2.24) is 0 Å². The summed E-state index contributed by atoms with van der Waals surface area (Å²) in [7, 11) is 0. The van der Waals surface area contributed by atoms with Crippen LogP contribution < -0.4 is 4.90 Å². The molecule has 0 saturated carbocycles. The van der Waals surface area contributed by atoms with Crippen molar-refractivity contribution in [1.29, 1.82) is 0 Å². The zero-order chi connectivity index (χ0) is 35.1. The Hall–Kier alpha value is -6.42. The molecule has 0 unspecified atom stereocenters. The van der Waals surface area contributed by atoms with Crippen molar-refractivity contribution in [3.05, 3.63) is 199 Å². The first-order valence-electron chi connectivity index (χ1n) is 18.2. The molecule has 3 heteroatoms. The second-order valence-corrected chi connectivity index (χ2v) is 15.3. The number of hydrogen-bond acceptors (Lipinski definition) is 3. The van der Waals surface area contributed by atoms with Crippen LogP contribution in [-0.2, 0) is 5.41 Å². The lowest BCUT2D eigenvalue weighted by Crippen LogP contribution is -2.23. The number of anilines is 3. The molecule has 0 spiro atoms. The van der Waals surface area contributed by atoms with Gasteiger partial charge in [0.05, 0.1) is 0 Å². The van der Waals surface area contributed by atoms with Crippen molar-refractivity contribution >= 4 is 70.5 Å². The van der Waals surface area contributed by atoms with E-state index in [1.165, 1.54) is 59.1 Å². The molecule has 0 N–H and O–H groups in total. The number of benzene rings is 8. The van der Waals surface area contributed by atoms with E-state index in [4.69, 9.17) is 4.42 Å². The van der Waals surface area contributed by atoms with E-state index in [1.54, 1.807) is 0 Å². The fraction of sp³-hybridized carbons (Fsp3) is 0.0400. The van der Waals surface area contributed by atoms with Gasteiger partial charge in [0, 0.05) is 53.4 Å². The summed E-state index contributed by atoms with van der Waals surface area (Å²) in [4.78, 5) is 2.43. The summed E-state index contributed by atoms with van der Waals surface area (Å²) in [6.07, 6.45) is 0. The molecule has 0 saturated heterocycles. The first kappa shape index (κ1) is 30.2. The summed E-state index contributed by atoms with van der Waals surface area (Å²) >= 11 is 1.88. The average Bonchev–Trinajstić information content (AvgIpc) is 3.87. The SMILES string of the molecule is CC1(c2cc(N(c3ccc(-c4ccccc4)cc3)c3ccc4oc5ccccc5c4c3)cc3sc4ccccc4c23)c2ccccc2-c2ccccc21. The summed E-state index contributed by atoms with van der Waals surface area (Å²) in [5, 5.41) is 4.87. The number of hydrogen-bond donors (Lipinski definition) is 0. The fourth-order valence-electron chi connectivity index (χ4n) is 8.84. The van der Waals surface area contributed by atoms with E-state index in [0.29, 0.717) is 0 Å². The van der Waals surface area contributed by atoms with Gasteiger partial charge in [-0.1, -0.05) is 127 Å². The van der Waals surface area contributed by atoms with Gasteiger partial charge in [-0.15, -0.1) is 11.3 Å². The van der Waals surface area contributed by atoms with Gasteiger partial charge in [0.25, 0.3) is 0 Å². The Morgan fingerprint density at radius 3 is 1.81 bits per heavy atom. The van der Waals surface area contributed by atoms with Crippen LogP contribution in [0.2, 0.25) is 0 Å². The first-order chi connectivity index (χ1) is 26.1. The van der Waals surface area contributed by atoms with Crippen LogP contribution in [0, 0.1) is 0 Å². The van der Waals surface area contributed by atoms with Crippen molar-refractivity contribution in [3.8, 4) is 22.3 Å². The predicted molar refractivity (Wildman–Crippen MR) is 224 cm³/mol. The van der Waals surface area contributed by atoms with Crippen molar-refractivity contribution in [2.75, 3.05) is 4.90 Å². The van der Waals surface area contributed by atoms with Crippen LogP contribution in [0.1, 0.15) is 23.6 Å². The van der Waals surface area contributed by atoms with E-state index in [2.05, 4.69) is 188 Å². The van der Waals surface area contributed by atoms with Crippen LogP contribution in [0.25, 0.3) is 64.4 Å². The Labute approximate surface area is 311 Å². The molecule has 2 nitrogen and oxygen atoms in total. The normalized spacial score (nSPS) is 13.2. The van der Waals surface area contributed by atoms with E-state index in [9.17, 15) is 0 Å². The van der Waals surface area contributed by atoms with Crippen molar-refractivity contribution in [2.24, 2.45) is 0 Å². The molecule has 1 aliphatic carbocycles. The molecule has 10 aromatic rings. The molecular weight excluding hydrogens is 663 g/mol. The third-order valence-corrected chi connectivity index (χ3v) is 12.5. The van der Waals surface area contributed by atoms with Crippen molar-refractivity contribution < 1.29 is 4.42 Å². The van der Waals surface area contributed by atoms with E-state index in [1.807, 2.05) is 17.4 Å². The second-order valence-electron chi connectivity index (χ2n) is 14.2. The maximum absolute atomic E-state index is 6.30. The molecule has 8 aromatic carbocycles. The van der Waals surface area contributed by atoms with Crippen LogP contribution in [0.15, 0.2) is 186 Å². The lowest BCUT2D eigenvalue weighted by atomic mass is 9.72. The molecule has 53 heavy (non-hydrogen) atoms. The highest BCUT2D eigenvalue weighted by atomic mass is 32.1. The van der Waals surface area contributed by atoms with Crippen LogP contribution in [0.5, 0.6) is 0 Å². The third kappa shape index (κ3) is 4.51. The maximum Gasteiger partial charge on any atom is 0.135 e. The molecule has 250 valence electrons. The van der Waals surface area contributed by atoms with E-state index < -0.39 is 0 Å². The summed E-state index contributed by atoms with van der Waals surface area (Å²) < 4.78 is 8.88. The lowest BCUT2D eigenvalue weighted by Gasteiger charge is -2.32. The number of furan rings is 1. The largest absolute Gasteiger partial charge is 0.456 e. The van der Waals surface area contributed by atoms with Crippen molar-refractivity contribution in [2.45, 2.75) is 12.3 Å². The number of nitrogens with zero attached hydrogens (tertiary/aromatic N) is 1. The number of para-hydroxylation sites is 1. The van der Waals surface area contributed by atoms with Gasteiger partial charge in [0.2, 0.25) is 0 Å². The van der Waals surface area contributed by atoms with Gasteiger partial charge in [-0.25, -0.2) is 0 Å². The molecule has 0 amide bonds. The lowest BCUT2D eigenvalue weighted by molar-refractivity contribution is 0.669. The van der Waals surface area contributed by atoms with Gasteiger partial charge < -0.3 is 9.32 Å². The van der Waals surface area contributed by atoms with Crippen molar-refractivity contribution in [3.63, 3.8) is 0 Å². The monoisotopic (exact) mass is 695 g/mol. The molecule has 1 aliphatic rings. The molecule has 0 atom stereocenters. The Morgan fingerprint density at radius 2 is 1.04 bits per heavy atom. The van der Waals surface area contributed by atoms with E-state index in [0.717, 1.165) is 39.0 Å². The zero-order valence-corrected chi connectivity index (χ0v) is 29.9. The number of rotatable bonds is 5. The van der Waals surface area contributed by atoms with Crippen LogP contribution >= 0.6 is 11.3 Å². The summed E-state index contributed by atoms with van der Waals surface area (Å²) in [6, 6.07) is 66.3. The smallest absolute Gasteiger partial charge is 0.135 e. The quantitative estimate of drug-likeness (QED) is 0.178. The first-order valence-corrected chi connectivity index (χ1v) is 19.0. The van der Waals surface area contributed by atoms with Gasteiger partial charge in [0.1, 0.15) is 11.2 Å². The summed E-state index contributed by atoms with van der Waals surface area (Å²) in [5.74, 6) is 0. The molecule has 2 aromatic heterocycles. The second kappa shape index (κ2) is 11.5. The topological polar surface area (TPSA) is 16.4 Å². The standard InChI is InChI=1S/C50H33NOS/c1-50(42-19-9-5-15-37(42)38-16-6-10-20-43(38)50)44-30-36(31-48-49(44)40-18-8-12-22-47(40)53-48)51(34-25-23-33(24-26-34)32-13-3-2-4-14-32)35-27-28-46-41(29-35)39-17-7-11-21-45(39)52-46/h2-31H,1H3. The molecule has 0 radical (unpaired) electrons. The van der Waals surface area contributed by atoms with Crippen LogP contribution in [0.4, 0.5) is 17.1 Å². The van der Waals surface area contributed by atoms with E-state index in [-0.39, 0.29) is 5.41 Å². The Balaban J connectivity index is 1.21. The number of thiophene rings is 1. The molecule has 0 fully saturated rings. The minimum absolute atomic E-state index is 0.376. The highest BCUT2D eigenvalue weighted by Crippen LogP contribution is 2.56.